The fraction of sp³-hybridized carbons (Fsp3) is 0.500. The van der Waals surface area contributed by atoms with Crippen LogP contribution in [-0.4, -0.2) is 18.6 Å². The lowest BCUT2D eigenvalue weighted by Crippen LogP contribution is -2.18. The van der Waals surface area contributed by atoms with E-state index in [0.29, 0.717) is 0 Å². The molecular formula is C10H14N2OS. The lowest BCUT2D eigenvalue weighted by molar-refractivity contribution is 0.218. The van der Waals surface area contributed by atoms with Gasteiger partial charge in [0.2, 0.25) is 0 Å². The first-order chi connectivity index (χ1) is 6.83. The highest BCUT2D eigenvalue weighted by Gasteiger charge is 2.22. The first kappa shape index (κ1) is 9.68. The normalized spacial score (nSPS) is 17.7. The van der Waals surface area contributed by atoms with Gasteiger partial charge >= 0.3 is 0 Å². The highest BCUT2D eigenvalue weighted by molar-refractivity contribution is 7.09. The molecule has 0 amide bonds. The summed E-state index contributed by atoms with van der Waals surface area (Å²) in [7, 11) is 1.95. The Morgan fingerprint density at radius 2 is 2.50 bits per heavy atom. The Balaban J connectivity index is 2.25. The Morgan fingerprint density at radius 3 is 3.00 bits per heavy atom. The van der Waals surface area contributed by atoms with Crippen molar-refractivity contribution in [2.24, 2.45) is 0 Å². The molecule has 1 unspecified atom stereocenters. The van der Waals surface area contributed by atoms with E-state index in [4.69, 9.17) is 4.74 Å². The third kappa shape index (κ3) is 1.67. The molecule has 4 heteroatoms. The summed E-state index contributed by atoms with van der Waals surface area (Å²) in [4.78, 5) is 5.50. The maximum atomic E-state index is 5.56. The molecule has 0 fully saturated rings. The maximum absolute atomic E-state index is 5.56. The van der Waals surface area contributed by atoms with E-state index in [2.05, 4.69) is 16.4 Å². The van der Waals surface area contributed by atoms with Crippen LogP contribution in [0, 0.1) is 6.92 Å². The van der Waals surface area contributed by atoms with Gasteiger partial charge in [-0.3, -0.25) is 0 Å². The molecule has 0 aliphatic carbocycles. The number of aromatic nitrogens is 1. The number of thiazole rings is 1. The minimum atomic E-state index is 0.185. The molecule has 1 aliphatic rings. The Hall–Kier alpha value is -0.870. The van der Waals surface area contributed by atoms with Crippen LogP contribution in [-0.2, 0) is 4.74 Å². The molecule has 0 saturated carbocycles. The molecule has 1 aromatic heterocycles. The Morgan fingerprint density at radius 1 is 1.64 bits per heavy atom. The molecular weight excluding hydrogens is 196 g/mol. The summed E-state index contributed by atoms with van der Waals surface area (Å²) in [6, 6.07) is 0.185. The summed E-state index contributed by atoms with van der Waals surface area (Å²) in [6.07, 6.45) is 3.17. The summed E-state index contributed by atoms with van der Waals surface area (Å²) < 4.78 is 5.56. The smallest absolute Gasteiger partial charge is 0.114 e. The van der Waals surface area contributed by atoms with Gasteiger partial charge in [0.15, 0.2) is 0 Å². The van der Waals surface area contributed by atoms with Crippen LogP contribution in [0.25, 0.3) is 0 Å². The summed E-state index contributed by atoms with van der Waals surface area (Å²) in [5, 5.41) is 3.26. The topological polar surface area (TPSA) is 34.1 Å². The van der Waals surface area contributed by atoms with E-state index in [1.807, 2.05) is 19.5 Å². The second-order valence-electron chi connectivity index (χ2n) is 3.27. The zero-order valence-electron chi connectivity index (χ0n) is 8.41. The largest absolute Gasteiger partial charge is 0.496 e. The van der Waals surface area contributed by atoms with E-state index >= 15 is 0 Å². The molecule has 2 rings (SSSR count). The van der Waals surface area contributed by atoms with Gasteiger partial charge in [0.25, 0.3) is 0 Å². The Kier molecular flexibility index (Phi) is 2.84. The molecule has 0 saturated heterocycles. The van der Waals surface area contributed by atoms with Crippen molar-refractivity contribution < 1.29 is 4.74 Å². The summed E-state index contributed by atoms with van der Waals surface area (Å²) in [6.45, 7) is 2.84. The van der Waals surface area contributed by atoms with Crippen molar-refractivity contribution in [2.75, 3.05) is 13.7 Å². The predicted molar refractivity (Wildman–Crippen MR) is 57.3 cm³/mol. The molecule has 1 N–H and O–H groups in total. The van der Waals surface area contributed by atoms with Gasteiger partial charge in [-0.25, -0.2) is 4.98 Å². The highest BCUT2D eigenvalue weighted by atomic mass is 32.1. The second kappa shape index (κ2) is 4.11. The molecule has 0 aromatic carbocycles. The number of hydrogen-bond acceptors (Lipinski definition) is 4. The fourth-order valence-corrected chi connectivity index (χ4v) is 2.55. The van der Waals surface area contributed by atoms with Crippen LogP contribution in [0.15, 0.2) is 17.3 Å². The number of nitrogens with zero attached hydrogens (tertiary/aromatic N) is 1. The van der Waals surface area contributed by atoms with Crippen molar-refractivity contribution >= 4 is 11.3 Å². The first-order valence-electron chi connectivity index (χ1n) is 4.73. The average molecular weight is 210 g/mol. The second-order valence-corrected chi connectivity index (χ2v) is 4.15. The predicted octanol–water partition coefficient (Wildman–Crippen LogP) is 2.02. The number of likely N-dealkylation sites (N-methyl/N-ethyl adjacent to an activating group) is 1. The van der Waals surface area contributed by atoms with Crippen molar-refractivity contribution in [1.82, 2.24) is 10.3 Å². The lowest BCUT2D eigenvalue weighted by Gasteiger charge is -2.16. The quantitative estimate of drug-likeness (QED) is 0.828. The number of hydrogen-bond donors (Lipinski definition) is 1. The molecule has 14 heavy (non-hydrogen) atoms. The molecule has 0 spiro atoms. The van der Waals surface area contributed by atoms with Crippen LogP contribution in [0.3, 0.4) is 0 Å². The molecule has 0 radical (unpaired) electrons. The van der Waals surface area contributed by atoms with Gasteiger partial charge in [-0.1, -0.05) is 0 Å². The number of aryl methyl sites for hydroxylation is 1. The van der Waals surface area contributed by atoms with Crippen molar-refractivity contribution in [3.63, 3.8) is 0 Å². The number of rotatable bonds is 3. The number of nitrogens with one attached hydrogen (secondary N) is 1. The van der Waals surface area contributed by atoms with E-state index in [9.17, 15) is 0 Å². The molecule has 0 bridgehead atoms. The van der Waals surface area contributed by atoms with Gasteiger partial charge in [-0.05, 0) is 20.0 Å². The van der Waals surface area contributed by atoms with Gasteiger partial charge in [-0.15, -0.1) is 11.3 Å². The summed E-state index contributed by atoms with van der Waals surface area (Å²) in [5.41, 5.74) is 2.97. The van der Waals surface area contributed by atoms with E-state index in [1.165, 1.54) is 4.88 Å². The molecule has 3 nitrogen and oxygen atoms in total. The van der Waals surface area contributed by atoms with Crippen LogP contribution in [0.2, 0.25) is 0 Å². The van der Waals surface area contributed by atoms with Crippen LogP contribution in [0.5, 0.6) is 0 Å². The van der Waals surface area contributed by atoms with E-state index in [-0.39, 0.29) is 6.04 Å². The van der Waals surface area contributed by atoms with Crippen LogP contribution in [0.1, 0.15) is 23.0 Å². The van der Waals surface area contributed by atoms with Gasteiger partial charge in [0.1, 0.15) is 11.8 Å². The van der Waals surface area contributed by atoms with Gasteiger partial charge in [0, 0.05) is 6.42 Å². The summed E-state index contributed by atoms with van der Waals surface area (Å²) >= 11 is 1.67. The highest BCUT2D eigenvalue weighted by Crippen LogP contribution is 2.30. The van der Waals surface area contributed by atoms with Crippen LogP contribution >= 0.6 is 11.3 Å². The van der Waals surface area contributed by atoms with Crippen LogP contribution < -0.4 is 5.32 Å². The van der Waals surface area contributed by atoms with Gasteiger partial charge in [0.05, 0.1) is 22.7 Å². The van der Waals surface area contributed by atoms with Crippen molar-refractivity contribution in [1.29, 1.82) is 0 Å². The fourth-order valence-electron chi connectivity index (χ4n) is 1.63. The minimum Gasteiger partial charge on any atom is -0.496 e. The standard InChI is InChI=1S/C10H14N2OS/c1-7-10(14-6-12-7)9(11-2)8-4-3-5-13-8/h4,6,9,11H,3,5H2,1-2H3. The minimum absolute atomic E-state index is 0.185. The third-order valence-electron chi connectivity index (χ3n) is 2.35. The van der Waals surface area contributed by atoms with Crippen molar-refractivity contribution in [2.45, 2.75) is 19.4 Å². The van der Waals surface area contributed by atoms with Crippen molar-refractivity contribution in [3.05, 3.63) is 27.9 Å². The average Bonchev–Trinajstić information content (AvgIpc) is 2.80. The molecule has 2 heterocycles. The Labute approximate surface area is 87.8 Å². The zero-order valence-corrected chi connectivity index (χ0v) is 9.23. The van der Waals surface area contributed by atoms with E-state index in [1.54, 1.807) is 11.3 Å². The number of ether oxygens (including phenoxy) is 1. The van der Waals surface area contributed by atoms with Gasteiger partial charge < -0.3 is 10.1 Å². The monoisotopic (exact) mass is 210 g/mol. The van der Waals surface area contributed by atoms with Crippen molar-refractivity contribution in [3.8, 4) is 0 Å². The van der Waals surface area contributed by atoms with E-state index < -0.39 is 0 Å². The maximum Gasteiger partial charge on any atom is 0.114 e. The SMILES string of the molecule is CNC(C1=CCCO1)c1scnc1C. The zero-order chi connectivity index (χ0) is 9.97. The molecule has 1 aliphatic heterocycles. The molecule has 76 valence electrons. The first-order valence-corrected chi connectivity index (χ1v) is 5.61. The molecule has 1 atom stereocenters. The lowest BCUT2D eigenvalue weighted by atomic mass is 10.1. The van der Waals surface area contributed by atoms with E-state index in [0.717, 1.165) is 24.5 Å². The Bertz CT molecular complexity index is 346. The van der Waals surface area contributed by atoms with Gasteiger partial charge in [-0.2, -0.15) is 0 Å². The summed E-state index contributed by atoms with van der Waals surface area (Å²) in [5.74, 6) is 1.04. The molecule has 1 aromatic rings. The van der Waals surface area contributed by atoms with Crippen LogP contribution in [0.4, 0.5) is 0 Å². The third-order valence-corrected chi connectivity index (χ3v) is 3.35.